The zero-order chi connectivity index (χ0) is 17.0. The molecule has 0 aliphatic heterocycles. The molecule has 1 unspecified atom stereocenters. The number of halogens is 2. The normalized spacial score (nSPS) is 16.0. The molecule has 0 aromatic heterocycles. The van der Waals surface area contributed by atoms with Gasteiger partial charge in [-0.2, -0.15) is 0 Å². The molecule has 2 rings (SSSR count). The summed E-state index contributed by atoms with van der Waals surface area (Å²) < 4.78 is 6.28. The van der Waals surface area contributed by atoms with Crippen LogP contribution in [0.3, 0.4) is 0 Å². The Morgan fingerprint density at radius 1 is 1.43 bits per heavy atom. The Morgan fingerprint density at radius 3 is 2.70 bits per heavy atom. The van der Waals surface area contributed by atoms with Gasteiger partial charge in [0.15, 0.2) is 0 Å². The number of carbonyl (C=O) groups is 1. The first kappa shape index (κ1) is 18.6. The SMILES string of the molecule is CC(C)(C)OC(=O)NCC(NCc1ccc(Cl)cc1Br)C1CC1. The van der Waals surface area contributed by atoms with E-state index in [1.807, 2.05) is 39.0 Å². The Hall–Kier alpha value is -0.780. The van der Waals surface area contributed by atoms with Crippen LogP contribution in [0.2, 0.25) is 5.02 Å². The Morgan fingerprint density at radius 2 is 2.13 bits per heavy atom. The maximum atomic E-state index is 11.8. The first-order chi connectivity index (χ1) is 10.7. The summed E-state index contributed by atoms with van der Waals surface area (Å²) in [5, 5.41) is 7.11. The molecule has 1 aromatic rings. The van der Waals surface area contributed by atoms with Gasteiger partial charge >= 0.3 is 6.09 Å². The Kier molecular flexibility index (Phi) is 6.34. The standard InChI is InChI=1S/C17H24BrClN2O2/c1-17(2,3)23-16(22)21-10-15(11-4-5-11)20-9-12-6-7-13(19)8-14(12)18/h6-8,11,15,20H,4-5,9-10H2,1-3H3,(H,21,22). The zero-order valence-corrected chi connectivity index (χ0v) is 16.1. The second-order valence-corrected chi connectivity index (χ2v) is 8.23. The fourth-order valence-electron chi connectivity index (χ4n) is 2.32. The molecule has 1 aromatic carbocycles. The molecule has 1 atom stereocenters. The molecule has 23 heavy (non-hydrogen) atoms. The smallest absolute Gasteiger partial charge is 0.407 e. The molecular weight excluding hydrogens is 380 g/mol. The van der Waals surface area contributed by atoms with Gasteiger partial charge in [-0.1, -0.05) is 33.6 Å². The van der Waals surface area contributed by atoms with Gasteiger partial charge in [0.1, 0.15) is 5.60 Å². The highest BCUT2D eigenvalue weighted by Crippen LogP contribution is 2.33. The van der Waals surface area contributed by atoms with Crippen LogP contribution >= 0.6 is 27.5 Å². The zero-order valence-electron chi connectivity index (χ0n) is 13.8. The second-order valence-electron chi connectivity index (χ2n) is 6.94. The molecule has 1 fully saturated rings. The molecule has 0 heterocycles. The number of nitrogens with one attached hydrogen (secondary N) is 2. The van der Waals surface area contributed by atoms with Gasteiger partial charge < -0.3 is 15.4 Å². The van der Waals surface area contributed by atoms with Gasteiger partial charge in [-0.05, 0) is 57.2 Å². The van der Waals surface area contributed by atoms with Crippen molar-refractivity contribution < 1.29 is 9.53 Å². The number of alkyl carbamates (subject to hydrolysis) is 1. The summed E-state index contributed by atoms with van der Waals surface area (Å²) in [5.74, 6) is 0.621. The van der Waals surface area contributed by atoms with E-state index in [9.17, 15) is 4.79 Å². The largest absolute Gasteiger partial charge is 0.444 e. The van der Waals surface area contributed by atoms with Gasteiger partial charge in [0.2, 0.25) is 0 Å². The molecule has 128 valence electrons. The summed E-state index contributed by atoms with van der Waals surface area (Å²) in [5.41, 5.74) is 0.679. The second kappa shape index (κ2) is 7.86. The lowest BCUT2D eigenvalue weighted by Crippen LogP contribution is -2.43. The van der Waals surface area contributed by atoms with Crippen LogP contribution in [0.1, 0.15) is 39.2 Å². The van der Waals surface area contributed by atoms with Crippen molar-refractivity contribution in [1.29, 1.82) is 0 Å². The van der Waals surface area contributed by atoms with Crippen LogP contribution in [-0.4, -0.2) is 24.3 Å². The number of rotatable bonds is 6. The lowest BCUT2D eigenvalue weighted by Gasteiger charge is -2.23. The molecule has 1 saturated carbocycles. The minimum absolute atomic E-state index is 0.255. The molecule has 1 amide bonds. The molecule has 0 spiro atoms. The minimum atomic E-state index is -0.471. The summed E-state index contributed by atoms with van der Waals surface area (Å²) in [7, 11) is 0. The number of carbonyl (C=O) groups excluding carboxylic acids is 1. The molecule has 4 nitrogen and oxygen atoms in total. The average molecular weight is 404 g/mol. The molecule has 0 saturated heterocycles. The van der Waals surface area contributed by atoms with Crippen LogP contribution in [0.25, 0.3) is 0 Å². The van der Waals surface area contributed by atoms with Gasteiger partial charge in [-0.25, -0.2) is 4.79 Å². The van der Waals surface area contributed by atoms with E-state index < -0.39 is 5.60 Å². The summed E-state index contributed by atoms with van der Waals surface area (Å²) in [6.45, 7) is 6.89. The number of hydrogen-bond donors (Lipinski definition) is 2. The van der Waals surface area contributed by atoms with Crippen molar-refractivity contribution in [3.63, 3.8) is 0 Å². The van der Waals surface area contributed by atoms with Crippen molar-refractivity contribution in [2.45, 2.75) is 51.8 Å². The predicted molar refractivity (Wildman–Crippen MR) is 96.7 cm³/mol. The van der Waals surface area contributed by atoms with Crippen molar-refractivity contribution in [2.75, 3.05) is 6.54 Å². The maximum Gasteiger partial charge on any atom is 0.407 e. The third-order valence-electron chi connectivity index (χ3n) is 3.63. The van der Waals surface area contributed by atoms with E-state index in [0.717, 1.165) is 16.6 Å². The first-order valence-corrected chi connectivity index (χ1v) is 9.06. The third-order valence-corrected chi connectivity index (χ3v) is 4.60. The van der Waals surface area contributed by atoms with Crippen molar-refractivity contribution in [3.05, 3.63) is 33.3 Å². The monoisotopic (exact) mass is 402 g/mol. The Labute approximate surface area is 151 Å². The maximum absolute atomic E-state index is 11.8. The molecule has 1 aliphatic carbocycles. The van der Waals surface area contributed by atoms with Crippen molar-refractivity contribution >= 4 is 33.6 Å². The van der Waals surface area contributed by atoms with E-state index in [-0.39, 0.29) is 12.1 Å². The number of amides is 1. The molecule has 1 aliphatic rings. The summed E-state index contributed by atoms with van der Waals surface area (Å²) >= 11 is 9.50. The van der Waals surface area contributed by atoms with Crippen molar-refractivity contribution in [3.8, 4) is 0 Å². The molecule has 2 N–H and O–H groups in total. The van der Waals surface area contributed by atoms with Gasteiger partial charge in [0, 0.05) is 28.6 Å². The van der Waals surface area contributed by atoms with Crippen LogP contribution in [-0.2, 0) is 11.3 Å². The van der Waals surface area contributed by atoms with Crippen LogP contribution in [0.5, 0.6) is 0 Å². The number of hydrogen-bond acceptors (Lipinski definition) is 3. The summed E-state index contributed by atoms with van der Waals surface area (Å²) in [6.07, 6.45) is 2.04. The van der Waals surface area contributed by atoms with E-state index in [1.54, 1.807) is 0 Å². The lowest BCUT2D eigenvalue weighted by atomic mass is 10.1. The highest BCUT2D eigenvalue weighted by Gasteiger charge is 2.31. The van der Waals surface area contributed by atoms with E-state index in [2.05, 4.69) is 26.6 Å². The third kappa shape index (κ3) is 6.69. The van der Waals surface area contributed by atoms with E-state index in [0.29, 0.717) is 17.5 Å². The fourth-order valence-corrected chi connectivity index (χ4v) is 3.14. The molecular formula is C17H24BrClN2O2. The Balaban J connectivity index is 1.83. The molecule has 0 radical (unpaired) electrons. The van der Waals surface area contributed by atoms with Crippen molar-refractivity contribution in [2.24, 2.45) is 5.92 Å². The first-order valence-electron chi connectivity index (χ1n) is 7.89. The fraction of sp³-hybridized carbons (Fsp3) is 0.588. The van der Waals surface area contributed by atoms with E-state index in [1.165, 1.54) is 12.8 Å². The van der Waals surface area contributed by atoms with Crippen LogP contribution in [0.15, 0.2) is 22.7 Å². The van der Waals surface area contributed by atoms with E-state index >= 15 is 0 Å². The summed E-state index contributed by atoms with van der Waals surface area (Å²) in [6, 6.07) is 6.04. The van der Waals surface area contributed by atoms with Gasteiger partial charge in [-0.15, -0.1) is 0 Å². The van der Waals surface area contributed by atoms with Crippen LogP contribution in [0.4, 0.5) is 4.79 Å². The Bertz CT molecular complexity index is 556. The number of ether oxygens (including phenoxy) is 1. The molecule has 0 bridgehead atoms. The summed E-state index contributed by atoms with van der Waals surface area (Å²) in [4.78, 5) is 11.8. The lowest BCUT2D eigenvalue weighted by molar-refractivity contribution is 0.0521. The van der Waals surface area contributed by atoms with Crippen molar-refractivity contribution in [1.82, 2.24) is 10.6 Å². The highest BCUT2D eigenvalue weighted by molar-refractivity contribution is 9.10. The van der Waals surface area contributed by atoms with Gasteiger partial charge in [-0.3, -0.25) is 0 Å². The minimum Gasteiger partial charge on any atom is -0.444 e. The molecule has 6 heteroatoms. The van der Waals surface area contributed by atoms with Crippen LogP contribution in [0, 0.1) is 5.92 Å². The van der Waals surface area contributed by atoms with Crippen LogP contribution < -0.4 is 10.6 Å². The predicted octanol–water partition coefficient (Wildman–Crippen LogP) is 4.50. The van der Waals surface area contributed by atoms with Gasteiger partial charge in [0.25, 0.3) is 0 Å². The topological polar surface area (TPSA) is 50.4 Å². The highest BCUT2D eigenvalue weighted by atomic mass is 79.9. The number of benzene rings is 1. The van der Waals surface area contributed by atoms with Gasteiger partial charge in [0.05, 0.1) is 0 Å². The quantitative estimate of drug-likeness (QED) is 0.735. The average Bonchev–Trinajstić information content (AvgIpc) is 3.23. The van der Waals surface area contributed by atoms with E-state index in [4.69, 9.17) is 16.3 Å².